The molecule has 29 heavy (non-hydrogen) atoms. The first-order valence-electron chi connectivity index (χ1n) is 9.35. The van der Waals surface area contributed by atoms with Gasteiger partial charge >= 0.3 is 6.09 Å². The second-order valence-electron chi connectivity index (χ2n) is 7.55. The quantitative estimate of drug-likeness (QED) is 0.583. The van der Waals surface area contributed by atoms with Gasteiger partial charge in [-0.05, 0) is 44.7 Å². The average molecular weight is 415 g/mol. The van der Waals surface area contributed by atoms with Gasteiger partial charge in [0.05, 0.1) is 13.2 Å². The van der Waals surface area contributed by atoms with E-state index in [4.69, 9.17) is 9.47 Å². The third kappa shape index (κ3) is 5.95. The van der Waals surface area contributed by atoms with Crippen LogP contribution in [0.25, 0.3) is 5.65 Å². The van der Waals surface area contributed by atoms with Crippen LogP contribution in [0, 0.1) is 0 Å². The number of alkyl carbamates (subject to hydrolysis) is 1. The topological polar surface area (TPSA) is 77.8 Å². The van der Waals surface area contributed by atoms with Crippen LogP contribution in [0.1, 0.15) is 38.2 Å². The van der Waals surface area contributed by atoms with Gasteiger partial charge in [0.2, 0.25) is 0 Å². The minimum absolute atomic E-state index is 0.235. The number of amides is 1. The number of hydrogen-bond donors (Lipinski definition) is 1. The second-order valence-corrected chi connectivity index (χ2v) is 8.43. The van der Waals surface area contributed by atoms with E-state index in [2.05, 4.69) is 15.5 Å². The molecule has 7 nitrogen and oxygen atoms in total. The normalized spacial score (nSPS) is 12.7. The first kappa shape index (κ1) is 21.1. The van der Waals surface area contributed by atoms with Crippen molar-refractivity contribution in [2.75, 3.05) is 12.9 Å². The highest BCUT2D eigenvalue weighted by atomic mass is 32.2. The first-order chi connectivity index (χ1) is 13.9. The Kier molecular flexibility index (Phi) is 6.76. The van der Waals surface area contributed by atoms with Crippen molar-refractivity contribution in [2.24, 2.45) is 0 Å². The molecule has 0 aliphatic rings. The molecule has 0 radical (unpaired) electrons. The summed E-state index contributed by atoms with van der Waals surface area (Å²) < 4.78 is 13.2. The minimum Gasteiger partial charge on any atom is -0.444 e. The number of fused-ring (bicyclic) bond motifs is 1. The molecular weight excluding hydrogens is 388 g/mol. The average Bonchev–Trinajstić information content (AvgIpc) is 3.09. The summed E-state index contributed by atoms with van der Waals surface area (Å²) in [7, 11) is 0. The SMILES string of the molecule is CSc1ccc2nnc(C(COCc3ccccc3)NC(=O)OC(C)(C)C)n2c1. The monoisotopic (exact) mass is 414 g/mol. The third-order valence-corrected chi connectivity index (χ3v) is 4.75. The van der Waals surface area contributed by atoms with E-state index in [-0.39, 0.29) is 6.61 Å². The maximum absolute atomic E-state index is 12.4. The Bertz CT molecular complexity index is 953. The van der Waals surface area contributed by atoms with Crippen LogP contribution in [0.15, 0.2) is 53.6 Å². The number of ether oxygens (including phenoxy) is 2. The van der Waals surface area contributed by atoms with Crippen molar-refractivity contribution in [3.63, 3.8) is 0 Å². The van der Waals surface area contributed by atoms with Gasteiger partial charge in [0.15, 0.2) is 11.5 Å². The fraction of sp³-hybridized carbons (Fsp3) is 0.381. The van der Waals surface area contributed by atoms with Crippen LogP contribution in [0.5, 0.6) is 0 Å². The van der Waals surface area contributed by atoms with Gasteiger partial charge < -0.3 is 14.8 Å². The molecule has 0 saturated carbocycles. The van der Waals surface area contributed by atoms with Crippen LogP contribution in [0.4, 0.5) is 4.79 Å². The minimum atomic E-state index is -0.599. The summed E-state index contributed by atoms with van der Waals surface area (Å²) in [6.07, 6.45) is 3.43. The van der Waals surface area contributed by atoms with E-state index < -0.39 is 17.7 Å². The molecule has 1 atom stereocenters. The Morgan fingerprint density at radius 3 is 2.62 bits per heavy atom. The summed E-state index contributed by atoms with van der Waals surface area (Å²) in [4.78, 5) is 13.5. The van der Waals surface area contributed by atoms with Crippen LogP contribution >= 0.6 is 11.8 Å². The van der Waals surface area contributed by atoms with Gasteiger partial charge in [-0.25, -0.2) is 4.79 Å². The molecule has 0 bridgehead atoms. The molecule has 2 heterocycles. The molecule has 1 unspecified atom stereocenters. The third-order valence-electron chi connectivity index (χ3n) is 4.04. The summed E-state index contributed by atoms with van der Waals surface area (Å²) in [5, 5.41) is 11.4. The number of hydrogen-bond acceptors (Lipinski definition) is 6. The largest absolute Gasteiger partial charge is 0.444 e. The predicted octanol–water partition coefficient (Wildman–Crippen LogP) is 4.23. The van der Waals surface area contributed by atoms with Gasteiger partial charge in [-0.2, -0.15) is 0 Å². The van der Waals surface area contributed by atoms with Gasteiger partial charge in [-0.15, -0.1) is 22.0 Å². The Hall–Kier alpha value is -2.58. The molecule has 8 heteroatoms. The lowest BCUT2D eigenvalue weighted by atomic mass is 10.2. The van der Waals surface area contributed by atoms with Crippen molar-refractivity contribution in [1.29, 1.82) is 0 Å². The van der Waals surface area contributed by atoms with Crippen molar-refractivity contribution < 1.29 is 14.3 Å². The Balaban J connectivity index is 1.81. The zero-order valence-corrected chi connectivity index (χ0v) is 17.9. The number of thioether (sulfide) groups is 1. The van der Waals surface area contributed by atoms with Gasteiger partial charge in [0.1, 0.15) is 11.6 Å². The number of carbonyl (C=O) groups excluding carboxylic acids is 1. The molecule has 0 spiro atoms. The number of nitrogens with one attached hydrogen (secondary N) is 1. The number of benzene rings is 1. The lowest BCUT2D eigenvalue weighted by Gasteiger charge is -2.23. The molecule has 0 saturated heterocycles. The molecular formula is C21H26N4O3S. The zero-order chi connectivity index (χ0) is 20.9. The Morgan fingerprint density at radius 2 is 1.93 bits per heavy atom. The maximum atomic E-state index is 12.4. The summed E-state index contributed by atoms with van der Waals surface area (Å²) in [6, 6.07) is 13.2. The number of carbonyl (C=O) groups is 1. The van der Waals surface area contributed by atoms with E-state index in [0.717, 1.165) is 10.5 Å². The fourth-order valence-electron chi connectivity index (χ4n) is 2.75. The van der Waals surface area contributed by atoms with Crippen molar-refractivity contribution in [3.8, 4) is 0 Å². The lowest BCUT2D eigenvalue weighted by Crippen LogP contribution is -2.37. The Labute approximate surface area is 174 Å². The van der Waals surface area contributed by atoms with E-state index in [1.54, 1.807) is 11.8 Å². The van der Waals surface area contributed by atoms with Gasteiger partial charge in [-0.3, -0.25) is 4.40 Å². The second kappa shape index (κ2) is 9.28. The Morgan fingerprint density at radius 1 is 1.17 bits per heavy atom. The fourth-order valence-corrected chi connectivity index (χ4v) is 3.16. The molecule has 3 rings (SSSR count). The molecule has 1 N–H and O–H groups in total. The van der Waals surface area contributed by atoms with E-state index in [0.29, 0.717) is 18.1 Å². The highest BCUT2D eigenvalue weighted by Crippen LogP contribution is 2.20. The highest BCUT2D eigenvalue weighted by molar-refractivity contribution is 7.98. The van der Waals surface area contributed by atoms with Crippen molar-refractivity contribution in [1.82, 2.24) is 19.9 Å². The van der Waals surface area contributed by atoms with Crippen molar-refractivity contribution in [3.05, 3.63) is 60.0 Å². The molecule has 3 aromatic rings. The number of aromatic nitrogens is 3. The van der Waals surface area contributed by atoms with Crippen LogP contribution < -0.4 is 5.32 Å². The van der Waals surface area contributed by atoms with E-state index >= 15 is 0 Å². The number of rotatable bonds is 7. The molecule has 154 valence electrons. The van der Waals surface area contributed by atoms with Crippen LogP contribution in [-0.4, -0.2) is 39.2 Å². The molecule has 0 aliphatic heterocycles. The standard InChI is InChI=1S/C21H26N4O3S/c1-21(2,3)28-20(26)22-17(14-27-13-15-8-6-5-7-9-15)19-24-23-18-11-10-16(29-4)12-25(18)19/h5-12,17H,13-14H2,1-4H3,(H,22,26). The maximum Gasteiger partial charge on any atom is 0.408 e. The molecule has 0 fully saturated rings. The smallest absolute Gasteiger partial charge is 0.408 e. The van der Waals surface area contributed by atoms with Gasteiger partial charge in [-0.1, -0.05) is 30.3 Å². The van der Waals surface area contributed by atoms with Crippen LogP contribution in [-0.2, 0) is 16.1 Å². The molecule has 0 aliphatic carbocycles. The molecule has 1 amide bonds. The predicted molar refractivity (Wildman–Crippen MR) is 113 cm³/mol. The number of pyridine rings is 1. The lowest BCUT2D eigenvalue weighted by molar-refractivity contribution is 0.0420. The summed E-state index contributed by atoms with van der Waals surface area (Å²) in [6.45, 7) is 6.14. The molecule has 1 aromatic carbocycles. The van der Waals surface area contributed by atoms with E-state index in [1.807, 2.05) is 80.1 Å². The van der Waals surface area contributed by atoms with E-state index in [1.165, 1.54) is 0 Å². The summed E-state index contributed by atoms with van der Waals surface area (Å²) in [5.74, 6) is 0.592. The summed E-state index contributed by atoms with van der Waals surface area (Å²) in [5.41, 5.74) is 1.16. The van der Waals surface area contributed by atoms with Crippen molar-refractivity contribution >= 4 is 23.5 Å². The van der Waals surface area contributed by atoms with E-state index in [9.17, 15) is 4.79 Å². The molecule has 2 aromatic heterocycles. The van der Waals surface area contributed by atoms with Crippen molar-refractivity contribution in [2.45, 2.75) is 43.9 Å². The van der Waals surface area contributed by atoms with Crippen LogP contribution in [0.3, 0.4) is 0 Å². The van der Waals surface area contributed by atoms with Gasteiger partial charge in [0, 0.05) is 11.1 Å². The summed E-state index contributed by atoms with van der Waals surface area (Å²) >= 11 is 1.62. The highest BCUT2D eigenvalue weighted by Gasteiger charge is 2.24. The number of nitrogens with zero attached hydrogens (tertiary/aromatic N) is 3. The van der Waals surface area contributed by atoms with Gasteiger partial charge in [0.25, 0.3) is 0 Å². The first-order valence-corrected chi connectivity index (χ1v) is 10.6. The zero-order valence-electron chi connectivity index (χ0n) is 17.1. The van der Waals surface area contributed by atoms with Crippen LogP contribution in [0.2, 0.25) is 0 Å².